The number of nitro benzene ring substituents is 1. The Morgan fingerprint density at radius 1 is 1.68 bits per heavy atom. The van der Waals surface area contributed by atoms with Crippen LogP contribution in [0.15, 0.2) is 30.9 Å². The lowest BCUT2D eigenvalue weighted by Gasteiger charge is -2.10. The third kappa shape index (κ3) is 3.78. The molecule has 0 spiro atoms. The average molecular weight is 265 g/mol. The predicted octanol–water partition coefficient (Wildman–Crippen LogP) is 1.45. The van der Waals surface area contributed by atoms with E-state index >= 15 is 0 Å². The van der Waals surface area contributed by atoms with E-state index in [1.165, 1.54) is 31.4 Å². The summed E-state index contributed by atoms with van der Waals surface area (Å²) >= 11 is 0. The van der Waals surface area contributed by atoms with E-state index in [9.17, 15) is 14.9 Å². The summed E-state index contributed by atoms with van der Waals surface area (Å²) in [7, 11) is 1.33. The molecule has 7 heteroatoms. The molecule has 102 valence electrons. The molecule has 0 fully saturated rings. The van der Waals surface area contributed by atoms with Gasteiger partial charge in [0.05, 0.1) is 18.1 Å². The van der Waals surface area contributed by atoms with Crippen LogP contribution < -0.4 is 15.8 Å². The monoisotopic (exact) mass is 265 g/mol. The van der Waals surface area contributed by atoms with Crippen molar-refractivity contribution in [1.29, 1.82) is 0 Å². The quantitative estimate of drug-likeness (QED) is 0.459. The summed E-state index contributed by atoms with van der Waals surface area (Å²) < 4.78 is 4.86. The molecule has 1 amide bonds. The molecule has 0 aromatic heterocycles. The number of amides is 1. The molecule has 3 N–H and O–H groups in total. The van der Waals surface area contributed by atoms with E-state index in [0.29, 0.717) is 6.42 Å². The van der Waals surface area contributed by atoms with Gasteiger partial charge in [-0.25, -0.2) is 0 Å². The lowest BCUT2D eigenvalue weighted by atomic mass is 10.2. The first-order chi connectivity index (χ1) is 8.99. The first-order valence-electron chi connectivity index (χ1n) is 5.49. The second-order valence-corrected chi connectivity index (χ2v) is 3.76. The maximum Gasteiger partial charge on any atom is 0.312 e. The summed E-state index contributed by atoms with van der Waals surface area (Å²) in [5.41, 5.74) is 5.65. The molecule has 0 aliphatic heterocycles. The summed E-state index contributed by atoms with van der Waals surface area (Å²) in [6, 6.07) is 3.40. The highest BCUT2D eigenvalue weighted by atomic mass is 16.6. The molecule has 0 aliphatic rings. The number of anilines is 1. The van der Waals surface area contributed by atoms with E-state index in [-0.39, 0.29) is 17.1 Å². The Morgan fingerprint density at radius 3 is 2.89 bits per heavy atom. The third-order valence-corrected chi connectivity index (χ3v) is 2.40. The van der Waals surface area contributed by atoms with Gasteiger partial charge in [-0.3, -0.25) is 14.9 Å². The number of ether oxygens (including phenoxy) is 1. The topological polar surface area (TPSA) is 107 Å². The van der Waals surface area contributed by atoms with Crippen LogP contribution in [0, 0.1) is 10.1 Å². The number of hydrogen-bond acceptors (Lipinski definition) is 5. The standard InChI is InChI=1S/C12H15N3O4/c1-3-4-9(13)12(16)14-8-5-6-11(19-2)10(7-8)15(17)18/h3,5-7,9H,1,4,13H2,2H3,(H,14,16). The molecule has 1 aromatic rings. The molecule has 1 unspecified atom stereocenters. The van der Waals surface area contributed by atoms with Gasteiger partial charge in [-0.15, -0.1) is 6.58 Å². The number of nitrogens with zero attached hydrogens (tertiary/aromatic N) is 1. The van der Waals surface area contributed by atoms with Crippen molar-refractivity contribution in [2.45, 2.75) is 12.5 Å². The zero-order valence-corrected chi connectivity index (χ0v) is 10.5. The van der Waals surface area contributed by atoms with Gasteiger partial charge in [0.25, 0.3) is 0 Å². The maximum absolute atomic E-state index is 11.7. The molecule has 0 heterocycles. The number of nitrogens with two attached hydrogens (primary N) is 1. The molecule has 7 nitrogen and oxygen atoms in total. The number of nitrogens with one attached hydrogen (secondary N) is 1. The summed E-state index contributed by atoms with van der Waals surface area (Å²) in [4.78, 5) is 21.9. The number of carbonyl (C=O) groups is 1. The molecular weight excluding hydrogens is 250 g/mol. The van der Waals surface area contributed by atoms with Gasteiger partial charge in [0.1, 0.15) is 0 Å². The Kier molecular flexibility index (Phi) is 5.01. The van der Waals surface area contributed by atoms with Crippen LogP contribution in [0.4, 0.5) is 11.4 Å². The Bertz CT molecular complexity index is 502. The Hall–Kier alpha value is -2.41. The van der Waals surface area contributed by atoms with Crippen molar-refractivity contribution < 1.29 is 14.5 Å². The van der Waals surface area contributed by atoms with E-state index in [2.05, 4.69) is 11.9 Å². The molecule has 0 saturated heterocycles. The minimum atomic E-state index is -0.737. The first-order valence-corrected chi connectivity index (χ1v) is 5.49. The molecule has 0 aliphatic carbocycles. The van der Waals surface area contributed by atoms with Crippen molar-refractivity contribution in [2.75, 3.05) is 12.4 Å². The van der Waals surface area contributed by atoms with Crippen LogP contribution in [-0.2, 0) is 4.79 Å². The van der Waals surface area contributed by atoms with Crippen molar-refractivity contribution in [1.82, 2.24) is 0 Å². The highest BCUT2D eigenvalue weighted by Crippen LogP contribution is 2.29. The van der Waals surface area contributed by atoms with Crippen LogP contribution in [0.3, 0.4) is 0 Å². The largest absolute Gasteiger partial charge is 0.490 e. The number of nitro groups is 1. The fraction of sp³-hybridized carbons (Fsp3) is 0.250. The highest BCUT2D eigenvalue weighted by Gasteiger charge is 2.17. The van der Waals surface area contributed by atoms with Crippen molar-refractivity contribution >= 4 is 17.3 Å². The van der Waals surface area contributed by atoms with E-state index < -0.39 is 16.9 Å². The average Bonchev–Trinajstić information content (AvgIpc) is 2.38. The minimum absolute atomic E-state index is 0.124. The van der Waals surface area contributed by atoms with Crippen molar-refractivity contribution in [3.63, 3.8) is 0 Å². The smallest absolute Gasteiger partial charge is 0.312 e. The SMILES string of the molecule is C=CCC(N)C(=O)Nc1ccc(OC)c([N+](=O)[O-])c1. The zero-order valence-electron chi connectivity index (χ0n) is 10.5. The molecule has 19 heavy (non-hydrogen) atoms. The second kappa shape index (κ2) is 6.50. The molecular formula is C12H15N3O4. The van der Waals surface area contributed by atoms with Crippen LogP contribution in [0.25, 0.3) is 0 Å². The highest BCUT2D eigenvalue weighted by molar-refractivity contribution is 5.95. The number of methoxy groups -OCH3 is 1. The lowest BCUT2D eigenvalue weighted by molar-refractivity contribution is -0.385. The van der Waals surface area contributed by atoms with E-state index in [1.807, 2.05) is 0 Å². The van der Waals surface area contributed by atoms with Crippen molar-refractivity contribution in [3.8, 4) is 5.75 Å². The number of hydrogen-bond donors (Lipinski definition) is 2. The lowest BCUT2D eigenvalue weighted by Crippen LogP contribution is -2.35. The summed E-state index contributed by atoms with van der Waals surface area (Å²) in [6.45, 7) is 3.48. The molecule has 0 radical (unpaired) electrons. The van der Waals surface area contributed by atoms with Gasteiger partial charge in [-0.05, 0) is 18.6 Å². The Morgan fingerprint density at radius 2 is 2.37 bits per heavy atom. The van der Waals surface area contributed by atoms with Gasteiger partial charge in [-0.1, -0.05) is 6.08 Å². The van der Waals surface area contributed by atoms with Gasteiger partial charge in [0.15, 0.2) is 5.75 Å². The second-order valence-electron chi connectivity index (χ2n) is 3.76. The van der Waals surface area contributed by atoms with E-state index in [1.54, 1.807) is 0 Å². The molecule has 1 atom stereocenters. The van der Waals surface area contributed by atoms with Crippen molar-refractivity contribution in [3.05, 3.63) is 41.0 Å². The fourth-order valence-electron chi connectivity index (χ4n) is 1.43. The predicted molar refractivity (Wildman–Crippen MR) is 71.1 cm³/mol. The molecule has 0 bridgehead atoms. The summed E-state index contributed by atoms with van der Waals surface area (Å²) in [6.07, 6.45) is 1.85. The van der Waals surface area contributed by atoms with Crippen LogP contribution >= 0.6 is 0 Å². The minimum Gasteiger partial charge on any atom is -0.490 e. The van der Waals surface area contributed by atoms with Crippen LogP contribution in [0.5, 0.6) is 5.75 Å². The first kappa shape index (κ1) is 14.7. The Labute approximate surface area is 110 Å². The molecule has 1 rings (SSSR count). The number of carbonyl (C=O) groups excluding carboxylic acids is 1. The van der Waals surface area contributed by atoms with Crippen molar-refractivity contribution in [2.24, 2.45) is 5.73 Å². The van der Waals surface area contributed by atoms with Crippen LogP contribution in [0.1, 0.15) is 6.42 Å². The van der Waals surface area contributed by atoms with Crippen LogP contribution in [0.2, 0.25) is 0 Å². The molecule has 0 saturated carbocycles. The van der Waals surface area contributed by atoms with Gasteiger partial charge in [0, 0.05) is 11.8 Å². The molecule has 1 aromatic carbocycles. The zero-order chi connectivity index (χ0) is 14.4. The fourth-order valence-corrected chi connectivity index (χ4v) is 1.43. The van der Waals surface area contributed by atoms with E-state index in [0.717, 1.165) is 0 Å². The van der Waals surface area contributed by atoms with Crippen LogP contribution in [-0.4, -0.2) is 24.0 Å². The normalized spacial score (nSPS) is 11.5. The third-order valence-electron chi connectivity index (χ3n) is 2.40. The maximum atomic E-state index is 11.7. The van der Waals surface area contributed by atoms with Gasteiger partial charge < -0.3 is 15.8 Å². The Balaban J connectivity index is 2.91. The number of benzene rings is 1. The van der Waals surface area contributed by atoms with E-state index in [4.69, 9.17) is 10.5 Å². The van der Waals surface area contributed by atoms with Gasteiger partial charge >= 0.3 is 5.69 Å². The van der Waals surface area contributed by atoms with Gasteiger partial charge in [0.2, 0.25) is 5.91 Å². The van der Waals surface area contributed by atoms with Gasteiger partial charge in [-0.2, -0.15) is 0 Å². The summed E-state index contributed by atoms with van der Waals surface area (Å²) in [5.74, 6) is -0.308. The number of rotatable bonds is 6. The summed E-state index contributed by atoms with van der Waals surface area (Å²) in [5, 5.41) is 13.3.